The smallest absolute Gasteiger partial charge is 0.416 e. The van der Waals surface area contributed by atoms with Crippen LogP contribution in [0, 0.1) is 5.92 Å². The largest absolute Gasteiger partial charge is 0.446 e. The minimum atomic E-state index is -5.14. The third kappa shape index (κ3) is 7.57. The fourth-order valence-corrected chi connectivity index (χ4v) is 5.72. The van der Waals surface area contributed by atoms with Gasteiger partial charge in [-0.1, -0.05) is 5.10 Å². The minimum absolute atomic E-state index is 0.0174. The first-order valence-corrected chi connectivity index (χ1v) is 14.6. The summed E-state index contributed by atoms with van der Waals surface area (Å²) in [5.74, 6) is -0.369. The second-order valence-electron chi connectivity index (χ2n) is 11.7. The second-order valence-corrected chi connectivity index (χ2v) is 11.7. The average molecular weight is 680 g/mol. The highest BCUT2D eigenvalue weighted by molar-refractivity contribution is 5.91. The van der Waals surface area contributed by atoms with Crippen molar-refractivity contribution >= 4 is 17.7 Å². The molecule has 18 heteroatoms. The van der Waals surface area contributed by atoms with E-state index in [1.807, 2.05) is 0 Å². The van der Waals surface area contributed by atoms with Crippen molar-refractivity contribution in [3.63, 3.8) is 0 Å². The molecule has 2 aromatic carbocycles. The highest BCUT2D eigenvalue weighted by Crippen LogP contribution is 2.50. The number of fused-ring (bicyclic) bond motifs is 1. The van der Waals surface area contributed by atoms with Gasteiger partial charge >= 0.3 is 24.6 Å². The number of ether oxygens (including phenoxy) is 1. The Morgan fingerprint density at radius 3 is 2.11 bits per heavy atom. The number of anilines is 2. The number of hydrogen-bond acceptors (Lipinski definition) is 7. The van der Waals surface area contributed by atoms with Crippen molar-refractivity contribution < 1.29 is 49.0 Å². The minimum Gasteiger partial charge on any atom is -0.446 e. The molecule has 1 aliphatic carbocycles. The van der Waals surface area contributed by atoms with E-state index >= 15 is 0 Å². The average Bonchev–Trinajstić information content (AvgIpc) is 3.71. The van der Waals surface area contributed by atoms with Crippen LogP contribution in [-0.2, 0) is 36.4 Å². The number of tetrazole rings is 1. The van der Waals surface area contributed by atoms with Gasteiger partial charge in [0.2, 0.25) is 0 Å². The standard InChI is InChI=1S/C29H30F9N7O2/c1-15(2)47-26(46)45-22-6-5-18(27(30,31)32)12-21(22)24(13-23(45)17-3-4-17)43(25-40-42-44(41-25)8-7-39)14-16-9-19(28(33,34)35)11-20(10-16)29(36,37)38/h5-6,9-12,15,17,23-24H,3-4,7-8,13-14,39H2,1-2H3/t23-,24-/m0/s1. The van der Waals surface area contributed by atoms with Crippen LogP contribution in [-0.4, -0.2) is 45.0 Å². The lowest BCUT2D eigenvalue weighted by molar-refractivity contribution is -0.143. The van der Waals surface area contributed by atoms with E-state index in [0.29, 0.717) is 25.0 Å². The van der Waals surface area contributed by atoms with Crippen LogP contribution in [0.4, 0.5) is 55.9 Å². The Kier molecular flexibility index (Phi) is 9.11. The van der Waals surface area contributed by atoms with Crippen molar-refractivity contribution in [2.45, 2.75) is 82.9 Å². The van der Waals surface area contributed by atoms with E-state index in [0.717, 1.165) is 23.0 Å². The lowest BCUT2D eigenvalue weighted by Gasteiger charge is -2.44. The summed E-state index contributed by atoms with van der Waals surface area (Å²) in [7, 11) is 0. The van der Waals surface area contributed by atoms with E-state index in [9.17, 15) is 44.3 Å². The number of amides is 1. The molecule has 1 aromatic heterocycles. The molecule has 0 saturated heterocycles. The Bertz CT molecular complexity index is 1570. The lowest BCUT2D eigenvalue weighted by Crippen LogP contribution is -2.49. The molecule has 1 amide bonds. The first-order valence-electron chi connectivity index (χ1n) is 14.6. The van der Waals surface area contributed by atoms with Gasteiger partial charge in [-0.05, 0) is 91.8 Å². The number of carbonyl (C=O) groups excluding carboxylic acids is 1. The number of hydrogen-bond donors (Lipinski definition) is 1. The van der Waals surface area contributed by atoms with Crippen LogP contribution in [0.15, 0.2) is 36.4 Å². The van der Waals surface area contributed by atoms with Crippen molar-refractivity contribution in [1.29, 1.82) is 0 Å². The van der Waals surface area contributed by atoms with Gasteiger partial charge in [-0.3, -0.25) is 4.90 Å². The molecular formula is C29H30F9N7O2. The van der Waals surface area contributed by atoms with Crippen molar-refractivity contribution in [2.75, 3.05) is 16.3 Å². The van der Waals surface area contributed by atoms with Gasteiger partial charge in [-0.15, -0.1) is 5.10 Å². The van der Waals surface area contributed by atoms with E-state index in [2.05, 4.69) is 15.4 Å². The van der Waals surface area contributed by atoms with E-state index in [1.54, 1.807) is 13.8 Å². The molecule has 0 bridgehead atoms. The van der Waals surface area contributed by atoms with E-state index in [4.69, 9.17) is 10.5 Å². The summed E-state index contributed by atoms with van der Waals surface area (Å²) in [6.45, 7) is 2.62. The number of nitrogens with two attached hydrogens (primary N) is 1. The molecular weight excluding hydrogens is 649 g/mol. The summed E-state index contributed by atoms with van der Waals surface area (Å²) in [6.07, 6.45) is -15.2. The number of benzene rings is 2. The molecule has 1 aliphatic heterocycles. The second kappa shape index (κ2) is 12.5. The van der Waals surface area contributed by atoms with Crippen LogP contribution < -0.4 is 15.5 Å². The van der Waals surface area contributed by atoms with Crippen molar-refractivity contribution in [3.8, 4) is 0 Å². The van der Waals surface area contributed by atoms with E-state index in [-0.39, 0.29) is 48.7 Å². The molecule has 0 radical (unpaired) electrons. The number of alkyl halides is 9. The summed E-state index contributed by atoms with van der Waals surface area (Å²) >= 11 is 0. The Balaban J connectivity index is 1.71. The predicted octanol–water partition coefficient (Wildman–Crippen LogP) is 6.97. The molecule has 1 fully saturated rings. The molecule has 2 N–H and O–H groups in total. The lowest BCUT2D eigenvalue weighted by atomic mass is 9.86. The SMILES string of the molecule is CC(C)OC(=O)N1c2ccc(C(F)(F)F)cc2[C@@H](N(Cc2cc(C(F)(F)F)cc(C(F)(F)F)c2)c2nnn(CCN)n2)C[C@H]1C1CC1. The Hall–Kier alpha value is -4.09. The fraction of sp³-hybridized carbons (Fsp3) is 0.517. The summed E-state index contributed by atoms with van der Waals surface area (Å²) in [6, 6.07) is 1.98. The van der Waals surface area contributed by atoms with Gasteiger partial charge < -0.3 is 15.4 Å². The maximum absolute atomic E-state index is 14.0. The zero-order valence-electron chi connectivity index (χ0n) is 25.0. The highest BCUT2D eigenvalue weighted by Gasteiger charge is 2.48. The molecule has 256 valence electrons. The third-order valence-electron chi connectivity index (χ3n) is 7.87. The van der Waals surface area contributed by atoms with Gasteiger partial charge in [0.1, 0.15) is 0 Å². The number of aromatic nitrogens is 4. The van der Waals surface area contributed by atoms with Gasteiger partial charge in [0.25, 0.3) is 5.95 Å². The van der Waals surface area contributed by atoms with Gasteiger partial charge in [-0.25, -0.2) is 4.79 Å². The summed E-state index contributed by atoms with van der Waals surface area (Å²) in [4.78, 5) is 16.9. The molecule has 1 saturated carbocycles. The molecule has 5 rings (SSSR count). The molecule has 0 spiro atoms. The predicted molar refractivity (Wildman–Crippen MR) is 149 cm³/mol. The van der Waals surface area contributed by atoms with E-state index in [1.165, 1.54) is 9.80 Å². The van der Waals surface area contributed by atoms with Gasteiger partial charge in [0.15, 0.2) is 0 Å². The van der Waals surface area contributed by atoms with Crippen LogP contribution in [0.3, 0.4) is 0 Å². The van der Waals surface area contributed by atoms with Crippen LogP contribution in [0.2, 0.25) is 0 Å². The normalized spacial score (nSPS) is 18.8. The van der Waals surface area contributed by atoms with Crippen LogP contribution in [0.25, 0.3) is 0 Å². The Morgan fingerprint density at radius 2 is 1.57 bits per heavy atom. The molecule has 0 unspecified atom stereocenters. The van der Waals surface area contributed by atoms with Crippen LogP contribution in [0.1, 0.15) is 67.0 Å². The highest BCUT2D eigenvalue weighted by atomic mass is 19.4. The summed E-state index contributed by atoms with van der Waals surface area (Å²) in [5, 5.41) is 12.0. The van der Waals surface area contributed by atoms with Gasteiger partial charge in [-0.2, -0.15) is 44.3 Å². The topological polar surface area (TPSA) is 102 Å². The molecule has 9 nitrogen and oxygen atoms in total. The number of nitrogens with zero attached hydrogens (tertiary/aromatic N) is 6. The maximum Gasteiger partial charge on any atom is 0.416 e. The van der Waals surface area contributed by atoms with Crippen molar-refractivity contribution in [3.05, 3.63) is 64.2 Å². The quantitative estimate of drug-likeness (QED) is 0.257. The fourth-order valence-electron chi connectivity index (χ4n) is 5.72. The Labute approximate surface area is 262 Å². The van der Waals surface area contributed by atoms with Crippen molar-refractivity contribution in [2.24, 2.45) is 11.7 Å². The molecule has 2 atom stereocenters. The number of rotatable bonds is 8. The first-order chi connectivity index (χ1) is 21.9. The zero-order chi connectivity index (χ0) is 34.5. The van der Waals surface area contributed by atoms with Crippen LogP contribution in [0.5, 0.6) is 0 Å². The zero-order valence-corrected chi connectivity index (χ0v) is 25.0. The Morgan fingerprint density at radius 1 is 0.957 bits per heavy atom. The molecule has 47 heavy (non-hydrogen) atoms. The number of carbonyl (C=O) groups is 1. The summed E-state index contributed by atoms with van der Waals surface area (Å²) in [5.41, 5.74) is 0.880. The third-order valence-corrected chi connectivity index (χ3v) is 7.87. The molecule has 3 aromatic rings. The first kappa shape index (κ1) is 34.3. The molecule has 2 aliphatic rings. The van der Waals surface area contributed by atoms with Crippen LogP contribution >= 0.6 is 0 Å². The van der Waals surface area contributed by atoms with Gasteiger partial charge in [0, 0.05) is 19.1 Å². The number of halogens is 9. The van der Waals surface area contributed by atoms with E-state index < -0.39 is 71.6 Å². The summed E-state index contributed by atoms with van der Waals surface area (Å²) < 4.78 is 130. The van der Waals surface area contributed by atoms with Gasteiger partial charge in [0.05, 0.1) is 41.1 Å². The molecule has 2 heterocycles. The monoisotopic (exact) mass is 679 g/mol. The van der Waals surface area contributed by atoms with Crippen molar-refractivity contribution in [1.82, 2.24) is 20.2 Å². The maximum atomic E-state index is 14.0.